The smallest absolute Gasteiger partial charge is 0.418 e. The van der Waals surface area contributed by atoms with Gasteiger partial charge in [-0.15, -0.1) is 0 Å². The average Bonchev–Trinajstić information content (AvgIpc) is 3.72. The number of hydrogen-bond acceptors (Lipinski definition) is 7. The first-order chi connectivity index (χ1) is 23.3. The van der Waals surface area contributed by atoms with Crippen molar-refractivity contribution in [3.05, 3.63) is 65.0 Å². The Labute approximate surface area is 286 Å². The summed E-state index contributed by atoms with van der Waals surface area (Å²) in [4.78, 5) is 67.1. The highest BCUT2D eigenvalue weighted by atomic mass is 19.4. The highest BCUT2D eigenvalue weighted by Crippen LogP contribution is 2.47. The lowest BCUT2D eigenvalue weighted by Crippen LogP contribution is -2.53. The number of ether oxygens (including phenoxy) is 2. The fourth-order valence-corrected chi connectivity index (χ4v) is 6.39. The lowest BCUT2D eigenvalue weighted by atomic mass is 9.94. The first-order valence-corrected chi connectivity index (χ1v) is 16.4. The molecule has 3 aliphatic rings. The lowest BCUT2D eigenvalue weighted by Gasteiger charge is -2.34. The van der Waals surface area contributed by atoms with Crippen molar-refractivity contribution >= 4 is 35.6 Å². The first-order valence-electron chi connectivity index (χ1n) is 16.4. The molecule has 2 N–H and O–H groups in total. The zero-order chi connectivity index (χ0) is 36.8. The number of halogens is 4. The van der Waals surface area contributed by atoms with E-state index in [2.05, 4.69) is 10.6 Å². The Morgan fingerprint density at radius 2 is 1.72 bits per heavy atom. The number of benzene rings is 2. The fourth-order valence-electron chi connectivity index (χ4n) is 6.39. The molecule has 5 rings (SSSR count). The molecule has 1 heterocycles. The van der Waals surface area contributed by atoms with Gasteiger partial charge in [-0.2, -0.15) is 13.2 Å². The van der Waals surface area contributed by atoms with Crippen LogP contribution in [0.2, 0.25) is 0 Å². The zero-order valence-corrected chi connectivity index (χ0v) is 28.4. The number of amides is 5. The van der Waals surface area contributed by atoms with Crippen LogP contribution in [0.4, 0.5) is 32.8 Å². The molecule has 1 saturated heterocycles. The molecule has 1 unspecified atom stereocenters. The van der Waals surface area contributed by atoms with E-state index in [1.165, 1.54) is 24.3 Å². The van der Waals surface area contributed by atoms with E-state index >= 15 is 0 Å². The number of fused-ring (bicyclic) bond motifs is 2. The number of carbonyl (C=O) groups is 5. The van der Waals surface area contributed by atoms with Gasteiger partial charge in [-0.05, 0) is 87.3 Å². The van der Waals surface area contributed by atoms with Crippen LogP contribution in [0.15, 0.2) is 42.5 Å². The second-order valence-electron chi connectivity index (χ2n) is 14.3. The van der Waals surface area contributed by atoms with Crippen LogP contribution in [0.25, 0.3) is 0 Å². The van der Waals surface area contributed by atoms with Crippen LogP contribution in [0.5, 0.6) is 0 Å². The van der Waals surface area contributed by atoms with Gasteiger partial charge in [-0.25, -0.2) is 18.9 Å². The van der Waals surface area contributed by atoms with Crippen molar-refractivity contribution < 1.29 is 51.0 Å². The van der Waals surface area contributed by atoms with Crippen LogP contribution in [-0.4, -0.2) is 70.1 Å². The Morgan fingerprint density at radius 3 is 2.30 bits per heavy atom. The van der Waals surface area contributed by atoms with E-state index in [1.807, 2.05) is 0 Å². The Hall–Kier alpha value is -4.69. The molecule has 1 aliphatic heterocycles. The Bertz CT molecular complexity index is 1670. The molecule has 1 spiro atoms. The molecule has 2 aromatic rings. The van der Waals surface area contributed by atoms with E-state index in [1.54, 1.807) is 40.7 Å². The lowest BCUT2D eigenvalue weighted by molar-refractivity contribution is -0.196. The molecule has 5 amide bonds. The van der Waals surface area contributed by atoms with Crippen LogP contribution in [-0.2, 0) is 42.4 Å². The summed E-state index contributed by atoms with van der Waals surface area (Å²) in [6.07, 6.45) is -5.95. The number of alkyl halides is 3. The molecule has 2 aliphatic carbocycles. The minimum absolute atomic E-state index is 0.0103. The van der Waals surface area contributed by atoms with Gasteiger partial charge in [0.15, 0.2) is 0 Å². The summed E-state index contributed by atoms with van der Waals surface area (Å²) in [6, 6.07) is 6.20. The van der Waals surface area contributed by atoms with Crippen molar-refractivity contribution in [3.63, 3.8) is 0 Å². The molecule has 15 heteroatoms. The Kier molecular flexibility index (Phi) is 9.92. The number of carbonyl (C=O) groups excluding carboxylic acids is 5. The molecule has 0 radical (unpaired) electrons. The third-order valence-corrected chi connectivity index (χ3v) is 8.87. The topological polar surface area (TPSA) is 134 Å². The molecule has 270 valence electrons. The number of nitrogens with zero attached hydrogens (tertiary/aromatic N) is 2. The predicted octanol–water partition coefficient (Wildman–Crippen LogP) is 5.80. The molecule has 3 atom stereocenters. The summed E-state index contributed by atoms with van der Waals surface area (Å²) in [6.45, 7) is 7.10. The summed E-state index contributed by atoms with van der Waals surface area (Å²) < 4.78 is 67.3. The van der Waals surface area contributed by atoms with Gasteiger partial charge in [0, 0.05) is 24.2 Å². The quantitative estimate of drug-likeness (QED) is 0.299. The van der Waals surface area contributed by atoms with Crippen molar-refractivity contribution in [2.75, 3.05) is 11.9 Å². The number of nitrogens with one attached hydrogen (secondary N) is 2. The number of anilines is 1. The van der Waals surface area contributed by atoms with Gasteiger partial charge in [0.2, 0.25) is 17.4 Å². The molecule has 1 saturated carbocycles. The van der Waals surface area contributed by atoms with Crippen LogP contribution in [0.3, 0.4) is 0 Å². The Morgan fingerprint density at radius 1 is 1.06 bits per heavy atom. The summed E-state index contributed by atoms with van der Waals surface area (Å²) in [5.41, 5.74) is -1.08. The van der Waals surface area contributed by atoms with Crippen molar-refractivity contribution in [1.82, 2.24) is 15.1 Å². The SMILES string of the molecule is CC(C)[C@H](NC(=O)OC(C)(C)C)C(=O)Nc1ccc2c(c1)CCC21OC(=O)N(CC(=O)N(Cc2ccc(F)cc2)[C@H](C2CC2)C(F)(F)F)C1=O. The molecule has 2 aromatic carbocycles. The summed E-state index contributed by atoms with van der Waals surface area (Å²) in [5.74, 6) is -4.25. The third-order valence-electron chi connectivity index (χ3n) is 8.87. The normalized spacial score (nSPS) is 20.0. The van der Waals surface area contributed by atoms with E-state index in [4.69, 9.17) is 9.47 Å². The summed E-state index contributed by atoms with van der Waals surface area (Å²) in [7, 11) is 0. The number of hydrogen-bond donors (Lipinski definition) is 2. The number of imide groups is 1. The Balaban J connectivity index is 1.32. The van der Waals surface area contributed by atoms with E-state index < -0.39 is 84.2 Å². The van der Waals surface area contributed by atoms with E-state index in [-0.39, 0.29) is 37.2 Å². The zero-order valence-electron chi connectivity index (χ0n) is 28.4. The number of aryl methyl sites for hydroxylation is 1. The van der Waals surface area contributed by atoms with Gasteiger partial charge in [0.25, 0.3) is 5.91 Å². The van der Waals surface area contributed by atoms with Crippen molar-refractivity contribution in [1.29, 1.82) is 0 Å². The maximum absolute atomic E-state index is 14.3. The molecular formula is C35H40F4N4O7. The second kappa shape index (κ2) is 13.6. The van der Waals surface area contributed by atoms with E-state index in [9.17, 15) is 41.5 Å². The maximum Gasteiger partial charge on any atom is 0.418 e. The fraction of sp³-hybridized carbons (Fsp3) is 0.514. The maximum atomic E-state index is 14.3. The first kappa shape index (κ1) is 36.6. The van der Waals surface area contributed by atoms with Gasteiger partial charge < -0.3 is 25.0 Å². The van der Waals surface area contributed by atoms with Gasteiger partial charge in [-0.3, -0.25) is 14.4 Å². The number of alkyl carbamates (subject to hydrolysis) is 1. The number of rotatable bonds is 10. The van der Waals surface area contributed by atoms with Crippen molar-refractivity contribution in [2.24, 2.45) is 11.8 Å². The van der Waals surface area contributed by atoms with Crippen LogP contribution >= 0.6 is 0 Å². The summed E-state index contributed by atoms with van der Waals surface area (Å²) in [5, 5.41) is 5.33. The molecule has 0 aromatic heterocycles. The van der Waals surface area contributed by atoms with Crippen molar-refractivity contribution in [3.8, 4) is 0 Å². The highest BCUT2D eigenvalue weighted by molar-refractivity contribution is 6.06. The van der Waals surface area contributed by atoms with E-state index in [0.29, 0.717) is 26.6 Å². The van der Waals surface area contributed by atoms with Crippen LogP contribution < -0.4 is 10.6 Å². The highest BCUT2D eigenvalue weighted by Gasteiger charge is 2.59. The van der Waals surface area contributed by atoms with Crippen LogP contribution in [0.1, 0.15) is 70.6 Å². The van der Waals surface area contributed by atoms with Gasteiger partial charge in [-0.1, -0.05) is 32.0 Å². The van der Waals surface area contributed by atoms with Crippen molar-refractivity contribution in [2.45, 2.75) is 96.3 Å². The van der Waals surface area contributed by atoms with Gasteiger partial charge >= 0.3 is 18.4 Å². The monoisotopic (exact) mass is 704 g/mol. The van der Waals surface area contributed by atoms with Crippen LogP contribution in [0, 0.1) is 17.7 Å². The van der Waals surface area contributed by atoms with Gasteiger partial charge in [0.05, 0.1) is 0 Å². The third kappa shape index (κ3) is 7.86. The molecular weight excluding hydrogens is 664 g/mol. The average molecular weight is 705 g/mol. The summed E-state index contributed by atoms with van der Waals surface area (Å²) >= 11 is 0. The molecule has 50 heavy (non-hydrogen) atoms. The van der Waals surface area contributed by atoms with E-state index in [0.717, 1.165) is 12.1 Å². The van der Waals surface area contributed by atoms with Gasteiger partial charge in [0.1, 0.15) is 30.0 Å². The molecule has 11 nitrogen and oxygen atoms in total. The second-order valence-corrected chi connectivity index (χ2v) is 14.3. The standard InChI is InChI=1S/C35H40F4N4O7/c1-19(2)27(41-31(47)49-33(3,4)5)29(45)40-24-12-13-25-22(16-24)14-15-34(25)30(46)43(32(48)50-34)18-26(44)42(17-20-6-10-23(36)11-7-20)28(21-8-9-21)35(37,38)39/h6-7,10-13,16,19,21,27-28H,8-9,14-15,17-18H2,1-5H3,(H,40,45)(H,41,47)/t27-,28+,34?/m0/s1. The largest absolute Gasteiger partial charge is 0.444 e. The molecule has 2 fully saturated rings. The molecule has 0 bridgehead atoms. The minimum Gasteiger partial charge on any atom is -0.444 e. The minimum atomic E-state index is -4.79. The predicted molar refractivity (Wildman–Crippen MR) is 171 cm³/mol.